The number of primary amides is 1. The summed E-state index contributed by atoms with van der Waals surface area (Å²) in [5, 5.41) is 24.4. The molecular weight excluding hydrogens is 416 g/mol. The summed E-state index contributed by atoms with van der Waals surface area (Å²) in [7, 11) is 0. The highest BCUT2D eigenvalue weighted by Gasteiger charge is 2.28. The Bertz CT molecular complexity index is 671. The Hall–Kier alpha value is -3.26. The molecule has 0 saturated carbocycles. The van der Waals surface area contributed by atoms with E-state index >= 15 is 0 Å². The summed E-state index contributed by atoms with van der Waals surface area (Å²) < 4.78 is 0. The van der Waals surface area contributed by atoms with E-state index in [1.165, 1.54) is 0 Å². The minimum absolute atomic E-state index is 0.359. The molecule has 0 aromatic carbocycles. The Morgan fingerprint density at radius 1 is 0.871 bits per heavy atom. The fraction of sp³-hybridized carbons (Fsp3) is 0.647. The molecule has 0 aliphatic heterocycles. The summed E-state index contributed by atoms with van der Waals surface area (Å²) in [5.74, 6) is -6.21. The van der Waals surface area contributed by atoms with Crippen LogP contribution in [0.25, 0.3) is 0 Å². The Balaban J connectivity index is 4.90. The summed E-state index contributed by atoms with van der Waals surface area (Å²) >= 11 is 0. The maximum absolute atomic E-state index is 12.3. The molecule has 0 saturated heterocycles. The molecule has 0 fully saturated rings. The summed E-state index contributed by atoms with van der Waals surface area (Å²) in [4.78, 5) is 69.2. The lowest BCUT2D eigenvalue weighted by molar-refractivity contribution is -0.144. The van der Waals surface area contributed by atoms with Crippen LogP contribution >= 0.6 is 0 Å². The number of nitrogens with one attached hydrogen (secondary N) is 3. The Labute approximate surface area is 178 Å². The van der Waals surface area contributed by atoms with Gasteiger partial charge < -0.3 is 43.4 Å². The lowest BCUT2D eigenvalue weighted by atomic mass is 10.1. The van der Waals surface area contributed by atoms with Crippen LogP contribution in [0.3, 0.4) is 0 Å². The number of carbonyl (C=O) groups excluding carboxylic acids is 4. The van der Waals surface area contributed by atoms with Crippen LogP contribution in [0.4, 0.5) is 0 Å². The number of aliphatic carboxylic acids is 2. The van der Waals surface area contributed by atoms with Crippen molar-refractivity contribution in [2.75, 3.05) is 13.1 Å². The van der Waals surface area contributed by atoms with E-state index in [9.17, 15) is 28.8 Å². The molecule has 0 bridgehead atoms. The van der Waals surface area contributed by atoms with Crippen molar-refractivity contribution in [2.45, 2.75) is 56.7 Å². The van der Waals surface area contributed by atoms with E-state index in [2.05, 4.69) is 10.6 Å². The molecule has 4 amide bonds. The molecule has 176 valence electrons. The first-order chi connectivity index (χ1) is 14.5. The molecule has 11 N–H and O–H groups in total. The number of carboxylic acid groups (broad SMARTS) is 2. The van der Waals surface area contributed by atoms with E-state index in [0.29, 0.717) is 25.8 Å². The van der Waals surface area contributed by atoms with E-state index in [-0.39, 0.29) is 6.42 Å². The number of amides is 4. The fourth-order valence-corrected chi connectivity index (χ4v) is 2.39. The number of rotatable bonds is 16. The van der Waals surface area contributed by atoms with Gasteiger partial charge in [0.25, 0.3) is 0 Å². The first-order valence-electron chi connectivity index (χ1n) is 9.53. The molecule has 0 aliphatic rings. The summed E-state index contributed by atoms with van der Waals surface area (Å²) in [5.41, 5.74) is 16.0. The molecule has 0 rings (SSSR count). The molecule has 0 aromatic heterocycles. The Morgan fingerprint density at radius 2 is 1.52 bits per heavy atom. The van der Waals surface area contributed by atoms with Crippen molar-refractivity contribution < 1.29 is 39.0 Å². The highest BCUT2D eigenvalue weighted by atomic mass is 16.4. The summed E-state index contributed by atoms with van der Waals surface area (Å²) in [6, 6.07) is -3.93. The van der Waals surface area contributed by atoms with Gasteiger partial charge >= 0.3 is 11.9 Å². The standard InChI is InChI=1S/C17H30N6O8/c18-6-2-1-3-9(19)15(28)21-8-13(25)22-10(4-5-14(26)27)16(29)23-11(17(30)31)7-12(20)24/h9-11H,1-8,18-19H2,(H2,20,24)(H,21,28)(H,22,25)(H,23,29)(H,26,27)(H,30,31). The van der Waals surface area contributed by atoms with E-state index in [0.717, 1.165) is 0 Å². The van der Waals surface area contributed by atoms with Crippen molar-refractivity contribution >= 4 is 35.6 Å². The highest BCUT2D eigenvalue weighted by molar-refractivity contribution is 5.93. The van der Waals surface area contributed by atoms with Crippen molar-refractivity contribution in [2.24, 2.45) is 17.2 Å². The van der Waals surface area contributed by atoms with Crippen LogP contribution in [0.1, 0.15) is 38.5 Å². The van der Waals surface area contributed by atoms with E-state index in [1.807, 2.05) is 5.32 Å². The number of carboxylic acids is 2. The third kappa shape index (κ3) is 12.8. The third-order valence-electron chi connectivity index (χ3n) is 4.05. The van der Waals surface area contributed by atoms with Crippen LogP contribution in [0, 0.1) is 0 Å². The SMILES string of the molecule is NCCCCC(N)C(=O)NCC(=O)NC(CCC(=O)O)C(=O)NC(CC(N)=O)C(=O)O. The van der Waals surface area contributed by atoms with Gasteiger partial charge in [-0.25, -0.2) is 4.79 Å². The van der Waals surface area contributed by atoms with Crippen LogP contribution in [0.2, 0.25) is 0 Å². The molecule has 0 radical (unpaired) electrons. The molecule has 3 atom stereocenters. The van der Waals surface area contributed by atoms with Gasteiger partial charge in [-0.15, -0.1) is 0 Å². The van der Waals surface area contributed by atoms with Crippen LogP contribution in [-0.2, 0) is 28.8 Å². The zero-order chi connectivity index (χ0) is 24.0. The fourth-order valence-electron chi connectivity index (χ4n) is 2.39. The number of hydrogen-bond acceptors (Lipinski definition) is 8. The van der Waals surface area contributed by atoms with Crippen LogP contribution < -0.4 is 33.2 Å². The molecular formula is C17H30N6O8. The quantitative estimate of drug-likeness (QED) is 0.108. The predicted octanol–water partition coefficient (Wildman–Crippen LogP) is -3.65. The first kappa shape index (κ1) is 27.7. The molecule has 14 heteroatoms. The van der Waals surface area contributed by atoms with Crippen LogP contribution in [-0.4, -0.2) is 77.0 Å². The maximum Gasteiger partial charge on any atom is 0.326 e. The van der Waals surface area contributed by atoms with Gasteiger partial charge in [0.2, 0.25) is 23.6 Å². The largest absolute Gasteiger partial charge is 0.481 e. The summed E-state index contributed by atoms with van der Waals surface area (Å²) in [6.07, 6.45) is 0.121. The third-order valence-corrected chi connectivity index (χ3v) is 4.05. The van der Waals surface area contributed by atoms with Gasteiger partial charge in [-0.05, 0) is 25.8 Å². The minimum Gasteiger partial charge on any atom is -0.481 e. The Kier molecular flexibility index (Phi) is 13.1. The molecule has 31 heavy (non-hydrogen) atoms. The monoisotopic (exact) mass is 446 g/mol. The molecule has 3 unspecified atom stereocenters. The van der Waals surface area contributed by atoms with E-state index in [1.54, 1.807) is 0 Å². The maximum atomic E-state index is 12.3. The van der Waals surface area contributed by atoms with Crippen molar-refractivity contribution in [3.05, 3.63) is 0 Å². The van der Waals surface area contributed by atoms with Crippen molar-refractivity contribution in [1.29, 1.82) is 0 Å². The number of carbonyl (C=O) groups is 6. The predicted molar refractivity (Wildman–Crippen MR) is 106 cm³/mol. The lowest BCUT2D eigenvalue weighted by Gasteiger charge is -2.21. The van der Waals surface area contributed by atoms with Gasteiger partial charge in [-0.2, -0.15) is 0 Å². The topological polar surface area (TPSA) is 257 Å². The minimum atomic E-state index is -1.65. The smallest absolute Gasteiger partial charge is 0.326 e. The van der Waals surface area contributed by atoms with Gasteiger partial charge in [-0.3, -0.25) is 24.0 Å². The zero-order valence-corrected chi connectivity index (χ0v) is 17.0. The normalized spacial score (nSPS) is 13.4. The number of nitrogens with two attached hydrogens (primary N) is 3. The zero-order valence-electron chi connectivity index (χ0n) is 17.0. The molecule has 0 aliphatic carbocycles. The van der Waals surface area contributed by atoms with E-state index < -0.39 is 73.1 Å². The van der Waals surface area contributed by atoms with Crippen molar-refractivity contribution in [1.82, 2.24) is 16.0 Å². The summed E-state index contributed by atoms with van der Waals surface area (Å²) in [6.45, 7) is -0.0807. The van der Waals surface area contributed by atoms with Crippen LogP contribution in [0.15, 0.2) is 0 Å². The second kappa shape index (κ2) is 14.7. The Morgan fingerprint density at radius 3 is 2.03 bits per heavy atom. The van der Waals surface area contributed by atoms with Gasteiger partial charge in [0, 0.05) is 6.42 Å². The average molecular weight is 446 g/mol. The second-order valence-electron chi connectivity index (χ2n) is 6.73. The van der Waals surface area contributed by atoms with Gasteiger partial charge in [0.05, 0.1) is 19.0 Å². The molecule has 0 aromatic rings. The highest BCUT2D eigenvalue weighted by Crippen LogP contribution is 2.02. The number of hydrogen-bond donors (Lipinski definition) is 8. The van der Waals surface area contributed by atoms with Crippen molar-refractivity contribution in [3.8, 4) is 0 Å². The van der Waals surface area contributed by atoms with Gasteiger partial charge in [0.15, 0.2) is 0 Å². The number of unbranched alkanes of at least 4 members (excludes halogenated alkanes) is 1. The molecule has 14 nitrogen and oxygen atoms in total. The van der Waals surface area contributed by atoms with E-state index in [4.69, 9.17) is 27.4 Å². The first-order valence-corrected chi connectivity index (χ1v) is 9.53. The van der Waals surface area contributed by atoms with Gasteiger partial charge in [-0.1, -0.05) is 6.42 Å². The van der Waals surface area contributed by atoms with Crippen molar-refractivity contribution in [3.63, 3.8) is 0 Å². The molecule has 0 heterocycles. The molecule has 0 spiro atoms. The van der Waals surface area contributed by atoms with Gasteiger partial charge in [0.1, 0.15) is 12.1 Å². The van der Waals surface area contributed by atoms with Crippen LogP contribution in [0.5, 0.6) is 0 Å². The second-order valence-corrected chi connectivity index (χ2v) is 6.73. The lowest BCUT2D eigenvalue weighted by Crippen LogP contribution is -2.54. The average Bonchev–Trinajstić information content (AvgIpc) is 2.67.